The van der Waals surface area contributed by atoms with Gasteiger partial charge in [-0.15, -0.1) is 0 Å². The molecule has 3 fully saturated rings. The highest BCUT2D eigenvalue weighted by molar-refractivity contribution is 4.96. The summed E-state index contributed by atoms with van der Waals surface area (Å²) < 4.78 is 22.4. The molecule has 0 bridgehead atoms. The van der Waals surface area contributed by atoms with Crippen LogP contribution >= 0.6 is 0 Å². The van der Waals surface area contributed by atoms with Gasteiger partial charge < -0.3 is 71.9 Å². The number of hydrogen-bond acceptors (Lipinski definition) is 11. The summed E-state index contributed by atoms with van der Waals surface area (Å²) >= 11 is 0. The third-order valence-corrected chi connectivity index (χ3v) is 6.25. The SMILES string of the molecule is [NH3+][C@H]1[C@@H](O[C@H]2[C@H](O)[C@@H](O[C@H]3OC[C@@H](O)[C@H](O)[C@H]3O)[C@H]([NH3+])C[C@@H]2[NH3+])O[C@H](CO)[C@@H](O)[C@@H]1O. The highest BCUT2D eigenvalue weighted by Crippen LogP contribution is 2.29. The number of quaternary nitrogens is 3. The van der Waals surface area contributed by atoms with Gasteiger partial charge in [-0.2, -0.15) is 0 Å². The minimum atomic E-state index is -1.53. The van der Waals surface area contributed by atoms with Gasteiger partial charge in [-0.05, 0) is 0 Å². The molecule has 0 aromatic carbocycles. The molecular weight excluding hydrogens is 422 g/mol. The minimum absolute atomic E-state index is 0.257. The van der Waals surface area contributed by atoms with Crippen molar-refractivity contribution in [2.75, 3.05) is 13.2 Å². The number of hydrogen-bond donors (Lipinski definition) is 10. The van der Waals surface area contributed by atoms with E-state index in [1.165, 1.54) is 0 Å². The van der Waals surface area contributed by atoms with Crippen LogP contribution in [0.5, 0.6) is 0 Å². The molecule has 14 nitrogen and oxygen atoms in total. The lowest BCUT2D eigenvalue weighted by molar-refractivity contribution is -0.534. The Hall–Kier alpha value is -0.560. The normalized spacial score (nSPS) is 54.0. The molecule has 0 unspecified atom stereocenters. The molecule has 2 heterocycles. The quantitative estimate of drug-likeness (QED) is 0.185. The fraction of sp³-hybridized carbons (Fsp3) is 1.00. The van der Waals surface area contributed by atoms with Gasteiger partial charge in [0, 0.05) is 0 Å². The monoisotopic (exact) mass is 458 g/mol. The zero-order valence-corrected chi connectivity index (χ0v) is 17.1. The van der Waals surface area contributed by atoms with Crippen LogP contribution < -0.4 is 17.2 Å². The van der Waals surface area contributed by atoms with E-state index in [0.29, 0.717) is 6.42 Å². The Bertz CT molecular complexity index is 590. The first-order valence-corrected chi connectivity index (χ1v) is 10.3. The summed E-state index contributed by atoms with van der Waals surface area (Å²) in [5.74, 6) is 0. The summed E-state index contributed by atoms with van der Waals surface area (Å²) in [7, 11) is 0. The van der Waals surface area contributed by atoms with Gasteiger partial charge >= 0.3 is 0 Å². The van der Waals surface area contributed by atoms with E-state index in [9.17, 15) is 35.7 Å². The highest BCUT2D eigenvalue weighted by atomic mass is 16.7. The van der Waals surface area contributed by atoms with Gasteiger partial charge in [-0.25, -0.2) is 0 Å². The van der Waals surface area contributed by atoms with Crippen LogP contribution in [0.15, 0.2) is 0 Å². The second-order valence-corrected chi connectivity index (χ2v) is 8.57. The first-order valence-electron chi connectivity index (χ1n) is 10.3. The van der Waals surface area contributed by atoms with E-state index in [2.05, 4.69) is 17.2 Å². The van der Waals surface area contributed by atoms with E-state index in [0.717, 1.165) is 0 Å². The molecule has 0 aromatic rings. The maximum absolute atomic E-state index is 10.9. The summed E-state index contributed by atoms with van der Waals surface area (Å²) in [5, 5.41) is 70.0. The molecule has 0 aromatic heterocycles. The van der Waals surface area contributed by atoms with Gasteiger partial charge in [0.1, 0.15) is 67.0 Å². The van der Waals surface area contributed by atoms with Gasteiger partial charge in [0.15, 0.2) is 12.3 Å². The molecule has 0 spiro atoms. The Morgan fingerprint density at radius 3 is 1.90 bits per heavy atom. The van der Waals surface area contributed by atoms with Gasteiger partial charge in [-0.3, -0.25) is 0 Å². The van der Waals surface area contributed by atoms with Gasteiger partial charge in [0.25, 0.3) is 0 Å². The standard InChI is InChI=1S/C17H33N3O11/c18-4-1-5(19)15(31-17-12(26)9(23)6(22)3-28-17)13(27)14(4)30-16-8(20)11(25)10(24)7(2-21)29-16/h4-17,21-27H,1-3,18-20H2/p+3/t4-,5+,6+,7+,8+,9-,10+,11+,12+,13-,14+,15-,16+,17+/m0/s1. The zero-order chi connectivity index (χ0) is 23.0. The molecule has 1 saturated carbocycles. The molecule has 3 aliphatic rings. The van der Waals surface area contributed by atoms with Crippen LogP contribution in [-0.2, 0) is 18.9 Å². The Labute approximate surface area is 178 Å². The van der Waals surface area contributed by atoms with Crippen molar-refractivity contribution in [3.8, 4) is 0 Å². The fourth-order valence-corrected chi connectivity index (χ4v) is 4.27. The lowest BCUT2D eigenvalue weighted by Gasteiger charge is -2.44. The molecule has 1 aliphatic carbocycles. The molecule has 14 atom stereocenters. The summed E-state index contributed by atoms with van der Waals surface area (Å²) in [6, 6.07) is -1.82. The molecule has 3 rings (SSSR count). The van der Waals surface area contributed by atoms with Crippen LogP contribution in [0, 0.1) is 0 Å². The average Bonchev–Trinajstić information content (AvgIpc) is 2.73. The van der Waals surface area contributed by atoms with Crippen LogP contribution in [0.2, 0.25) is 0 Å². The maximum atomic E-state index is 10.9. The van der Waals surface area contributed by atoms with E-state index in [4.69, 9.17) is 18.9 Å². The second-order valence-electron chi connectivity index (χ2n) is 8.57. The smallest absolute Gasteiger partial charge is 0.214 e. The van der Waals surface area contributed by atoms with Crippen molar-refractivity contribution in [1.29, 1.82) is 0 Å². The van der Waals surface area contributed by atoms with Crippen LogP contribution in [0.25, 0.3) is 0 Å². The van der Waals surface area contributed by atoms with Gasteiger partial charge in [0.05, 0.1) is 19.6 Å². The van der Waals surface area contributed by atoms with Crippen molar-refractivity contribution in [3.05, 3.63) is 0 Å². The van der Waals surface area contributed by atoms with Crippen molar-refractivity contribution in [3.63, 3.8) is 0 Å². The van der Waals surface area contributed by atoms with Crippen LogP contribution in [0.1, 0.15) is 6.42 Å². The lowest BCUT2D eigenvalue weighted by Crippen LogP contribution is -2.84. The highest BCUT2D eigenvalue weighted by Gasteiger charge is 2.53. The summed E-state index contributed by atoms with van der Waals surface area (Å²) in [6.07, 6.45) is -13.3. The predicted molar refractivity (Wildman–Crippen MR) is 95.9 cm³/mol. The van der Waals surface area contributed by atoms with E-state index in [-0.39, 0.29) is 6.61 Å². The lowest BCUT2D eigenvalue weighted by atomic mass is 9.84. The average molecular weight is 458 g/mol. The molecule has 2 aliphatic heterocycles. The summed E-state index contributed by atoms with van der Waals surface area (Å²) in [4.78, 5) is 0. The predicted octanol–water partition coefficient (Wildman–Crippen LogP) is -8.77. The molecule has 14 heteroatoms. The molecule has 182 valence electrons. The van der Waals surface area contributed by atoms with E-state index in [1.54, 1.807) is 0 Å². The van der Waals surface area contributed by atoms with E-state index < -0.39 is 92.2 Å². The maximum Gasteiger partial charge on any atom is 0.214 e. The molecule has 2 saturated heterocycles. The summed E-state index contributed by atoms with van der Waals surface area (Å²) in [5.41, 5.74) is 11.7. The Morgan fingerprint density at radius 2 is 1.32 bits per heavy atom. The Morgan fingerprint density at radius 1 is 0.742 bits per heavy atom. The van der Waals surface area contributed by atoms with Gasteiger partial charge in [-0.1, -0.05) is 0 Å². The molecule has 16 N–H and O–H groups in total. The number of ether oxygens (including phenoxy) is 4. The summed E-state index contributed by atoms with van der Waals surface area (Å²) in [6.45, 7) is -0.809. The first kappa shape index (κ1) is 25.1. The topological polar surface area (TPSA) is 261 Å². The Kier molecular flexibility index (Phi) is 8.21. The van der Waals surface area contributed by atoms with E-state index >= 15 is 0 Å². The van der Waals surface area contributed by atoms with Crippen LogP contribution in [0.3, 0.4) is 0 Å². The zero-order valence-electron chi connectivity index (χ0n) is 17.1. The molecular formula is C17H36N3O11+3. The van der Waals surface area contributed by atoms with Gasteiger partial charge in [0.2, 0.25) is 6.29 Å². The molecule has 0 amide bonds. The van der Waals surface area contributed by atoms with Crippen molar-refractivity contribution in [2.45, 2.75) is 92.1 Å². The number of rotatable bonds is 5. The van der Waals surface area contributed by atoms with Crippen molar-refractivity contribution >= 4 is 0 Å². The fourth-order valence-electron chi connectivity index (χ4n) is 4.27. The van der Waals surface area contributed by atoms with E-state index in [1.807, 2.05) is 0 Å². The second kappa shape index (κ2) is 10.1. The minimum Gasteiger partial charge on any atom is -0.394 e. The van der Waals surface area contributed by atoms with Crippen molar-refractivity contribution in [1.82, 2.24) is 0 Å². The molecule has 31 heavy (non-hydrogen) atoms. The van der Waals surface area contributed by atoms with Crippen molar-refractivity contribution in [2.24, 2.45) is 0 Å². The third-order valence-electron chi connectivity index (χ3n) is 6.25. The van der Waals surface area contributed by atoms with Crippen molar-refractivity contribution < 1.29 is 71.9 Å². The first-order chi connectivity index (χ1) is 14.6. The van der Waals surface area contributed by atoms with Crippen LogP contribution in [0.4, 0.5) is 0 Å². The molecule has 0 radical (unpaired) electrons. The largest absolute Gasteiger partial charge is 0.394 e. The number of aliphatic hydroxyl groups excluding tert-OH is 7. The third kappa shape index (κ3) is 5.02. The Balaban J connectivity index is 1.70. The number of aliphatic hydroxyl groups is 7. The van der Waals surface area contributed by atoms with Crippen LogP contribution in [-0.4, -0.2) is 135 Å².